The molecule has 0 amide bonds. The molecular formula is C28H30N2O5. The largest absolute Gasteiger partial charge is 0.508 e. The normalized spacial score (nSPS) is 24.2. The van der Waals surface area contributed by atoms with Gasteiger partial charge in [-0.2, -0.15) is 0 Å². The highest BCUT2D eigenvalue weighted by Crippen LogP contribution is 2.47. The Balaban J connectivity index is 1.55. The standard InChI is InChI=1S/C28H30N2O5/c1-16-25(28(33)35-20-10-11-29-15-20)26(17-6-5-7-19(31)12-17)27-22(30-16)13-18(14-23(27)32)21-8-3-4-9-24(21)34-2/h3-9,12,18,20,26,29-31H,10-11,13-15H2,1-2H3/t18-,20+,26-/m1/s1. The number of hydrogen-bond acceptors (Lipinski definition) is 7. The molecule has 0 radical (unpaired) electrons. The summed E-state index contributed by atoms with van der Waals surface area (Å²) >= 11 is 0. The van der Waals surface area contributed by atoms with Crippen LogP contribution < -0.4 is 15.4 Å². The summed E-state index contributed by atoms with van der Waals surface area (Å²) in [6.45, 7) is 3.28. The first-order valence-electron chi connectivity index (χ1n) is 12.0. The Morgan fingerprint density at radius 3 is 2.69 bits per heavy atom. The molecular weight excluding hydrogens is 444 g/mol. The number of para-hydroxylation sites is 1. The summed E-state index contributed by atoms with van der Waals surface area (Å²) in [5, 5.41) is 16.8. The summed E-state index contributed by atoms with van der Waals surface area (Å²) in [5.74, 6) is -0.251. The Kier molecular flexibility index (Phi) is 6.34. The van der Waals surface area contributed by atoms with Gasteiger partial charge in [-0.05, 0) is 55.6 Å². The molecule has 0 spiro atoms. The van der Waals surface area contributed by atoms with Gasteiger partial charge in [0.1, 0.15) is 17.6 Å². The molecule has 2 aromatic rings. The van der Waals surface area contributed by atoms with Gasteiger partial charge >= 0.3 is 5.97 Å². The quantitative estimate of drug-likeness (QED) is 0.569. The maximum Gasteiger partial charge on any atom is 0.337 e. The number of Topliss-reactive ketones (excluding diaryl/α,β-unsaturated/α-hetero) is 1. The van der Waals surface area contributed by atoms with Crippen LogP contribution in [0.2, 0.25) is 0 Å². The van der Waals surface area contributed by atoms with E-state index >= 15 is 0 Å². The molecule has 0 saturated carbocycles. The maximum atomic E-state index is 13.7. The fraction of sp³-hybridized carbons (Fsp3) is 0.357. The van der Waals surface area contributed by atoms with Crippen molar-refractivity contribution in [2.45, 2.75) is 44.1 Å². The van der Waals surface area contributed by atoms with E-state index in [0.29, 0.717) is 41.8 Å². The fourth-order valence-corrected chi connectivity index (χ4v) is 5.51. The van der Waals surface area contributed by atoms with Crippen molar-refractivity contribution in [1.29, 1.82) is 0 Å². The van der Waals surface area contributed by atoms with E-state index in [0.717, 1.165) is 30.0 Å². The van der Waals surface area contributed by atoms with Crippen molar-refractivity contribution in [3.8, 4) is 11.5 Å². The molecule has 7 heteroatoms. The average molecular weight is 475 g/mol. The number of aromatic hydroxyl groups is 1. The van der Waals surface area contributed by atoms with Crippen LogP contribution in [0.15, 0.2) is 71.1 Å². The van der Waals surface area contributed by atoms with E-state index in [1.165, 1.54) is 0 Å². The van der Waals surface area contributed by atoms with Gasteiger partial charge in [-0.25, -0.2) is 4.79 Å². The van der Waals surface area contributed by atoms with Crippen LogP contribution in [0.3, 0.4) is 0 Å². The third kappa shape index (κ3) is 4.44. The highest BCUT2D eigenvalue weighted by atomic mass is 16.5. The molecule has 0 unspecified atom stereocenters. The molecule has 5 rings (SSSR count). The predicted molar refractivity (Wildman–Crippen MR) is 131 cm³/mol. The summed E-state index contributed by atoms with van der Waals surface area (Å²) in [6.07, 6.45) is 1.49. The molecule has 1 aliphatic carbocycles. The first kappa shape index (κ1) is 23.2. The lowest BCUT2D eigenvalue weighted by Crippen LogP contribution is -2.37. The number of esters is 1. The Hall–Kier alpha value is -3.58. The van der Waals surface area contributed by atoms with Crippen molar-refractivity contribution < 1.29 is 24.2 Å². The molecule has 3 aliphatic rings. The third-order valence-electron chi connectivity index (χ3n) is 7.12. The van der Waals surface area contributed by atoms with Gasteiger partial charge in [0.15, 0.2) is 5.78 Å². The number of allylic oxidation sites excluding steroid dienone is 3. The van der Waals surface area contributed by atoms with Crippen LogP contribution in [0.5, 0.6) is 11.5 Å². The molecule has 2 heterocycles. The lowest BCUT2D eigenvalue weighted by atomic mass is 9.71. The predicted octanol–water partition coefficient (Wildman–Crippen LogP) is 3.67. The van der Waals surface area contributed by atoms with Gasteiger partial charge in [-0.15, -0.1) is 0 Å². The summed E-state index contributed by atoms with van der Waals surface area (Å²) in [5.41, 5.74) is 4.16. The van der Waals surface area contributed by atoms with Gasteiger partial charge in [-0.3, -0.25) is 4.79 Å². The molecule has 7 nitrogen and oxygen atoms in total. The Labute approximate surface area is 204 Å². The van der Waals surface area contributed by atoms with E-state index in [1.807, 2.05) is 37.3 Å². The second-order valence-corrected chi connectivity index (χ2v) is 9.37. The lowest BCUT2D eigenvalue weighted by Gasteiger charge is -2.37. The van der Waals surface area contributed by atoms with Gasteiger partial charge in [0.25, 0.3) is 0 Å². The van der Waals surface area contributed by atoms with Gasteiger partial charge in [0.2, 0.25) is 0 Å². The molecule has 2 aliphatic heterocycles. The Morgan fingerprint density at radius 1 is 1.11 bits per heavy atom. The number of phenolic OH excluding ortho intramolecular Hbond substituents is 1. The first-order valence-corrected chi connectivity index (χ1v) is 12.0. The number of phenols is 1. The number of carbonyl (C=O) groups is 2. The second kappa shape index (κ2) is 9.58. The topological polar surface area (TPSA) is 96.9 Å². The van der Waals surface area contributed by atoms with Crippen LogP contribution >= 0.6 is 0 Å². The van der Waals surface area contributed by atoms with Crippen molar-refractivity contribution in [3.05, 3.63) is 82.2 Å². The van der Waals surface area contributed by atoms with Crippen LogP contribution in [-0.2, 0) is 14.3 Å². The van der Waals surface area contributed by atoms with E-state index in [2.05, 4.69) is 10.6 Å². The summed E-state index contributed by atoms with van der Waals surface area (Å²) in [6, 6.07) is 14.6. The van der Waals surface area contributed by atoms with E-state index < -0.39 is 11.9 Å². The smallest absolute Gasteiger partial charge is 0.337 e. The van der Waals surface area contributed by atoms with Crippen molar-refractivity contribution >= 4 is 11.8 Å². The summed E-state index contributed by atoms with van der Waals surface area (Å²) in [7, 11) is 1.63. The number of rotatable bonds is 5. The highest BCUT2D eigenvalue weighted by Gasteiger charge is 2.42. The number of carbonyl (C=O) groups excluding carboxylic acids is 2. The van der Waals surface area contributed by atoms with Crippen molar-refractivity contribution in [2.75, 3.05) is 20.2 Å². The van der Waals surface area contributed by atoms with Crippen molar-refractivity contribution in [1.82, 2.24) is 10.6 Å². The molecule has 3 atom stereocenters. The number of benzene rings is 2. The number of hydrogen-bond donors (Lipinski definition) is 3. The van der Waals surface area contributed by atoms with Gasteiger partial charge in [0.05, 0.1) is 12.7 Å². The molecule has 0 bridgehead atoms. The Morgan fingerprint density at radius 2 is 1.94 bits per heavy atom. The molecule has 1 fully saturated rings. The first-order chi connectivity index (χ1) is 17.0. The number of ether oxygens (including phenoxy) is 2. The third-order valence-corrected chi connectivity index (χ3v) is 7.12. The van der Waals surface area contributed by atoms with Crippen molar-refractivity contribution in [3.63, 3.8) is 0 Å². The monoisotopic (exact) mass is 474 g/mol. The molecule has 2 aromatic carbocycles. The van der Waals surface area contributed by atoms with E-state index in [9.17, 15) is 14.7 Å². The minimum Gasteiger partial charge on any atom is -0.508 e. The zero-order chi connectivity index (χ0) is 24.5. The zero-order valence-corrected chi connectivity index (χ0v) is 20.0. The summed E-state index contributed by atoms with van der Waals surface area (Å²) in [4.78, 5) is 27.1. The molecule has 182 valence electrons. The molecule has 1 saturated heterocycles. The van der Waals surface area contributed by atoms with Gasteiger partial charge in [0, 0.05) is 41.8 Å². The van der Waals surface area contributed by atoms with Gasteiger partial charge < -0.3 is 25.2 Å². The molecule has 35 heavy (non-hydrogen) atoms. The van der Waals surface area contributed by atoms with Gasteiger partial charge in [-0.1, -0.05) is 30.3 Å². The highest BCUT2D eigenvalue weighted by molar-refractivity contribution is 6.04. The fourth-order valence-electron chi connectivity index (χ4n) is 5.51. The van der Waals surface area contributed by atoms with Crippen LogP contribution in [0.25, 0.3) is 0 Å². The number of nitrogens with one attached hydrogen (secondary N) is 2. The second-order valence-electron chi connectivity index (χ2n) is 9.37. The maximum absolute atomic E-state index is 13.7. The van der Waals surface area contributed by atoms with E-state index in [1.54, 1.807) is 25.3 Å². The minimum atomic E-state index is -0.605. The van der Waals surface area contributed by atoms with Crippen LogP contribution in [-0.4, -0.2) is 43.2 Å². The van der Waals surface area contributed by atoms with E-state index in [4.69, 9.17) is 9.47 Å². The molecule has 0 aromatic heterocycles. The van der Waals surface area contributed by atoms with Crippen LogP contribution in [0, 0.1) is 0 Å². The lowest BCUT2D eigenvalue weighted by molar-refractivity contribution is -0.143. The Bertz CT molecular complexity index is 1230. The SMILES string of the molecule is COc1ccccc1[C@H]1CC(=O)C2=C(C1)NC(C)=C(C(=O)O[C@H]1CCNC1)[C@H]2c1cccc(O)c1. The minimum absolute atomic E-state index is 0.0247. The number of methoxy groups -OCH3 is 1. The van der Waals surface area contributed by atoms with Crippen LogP contribution in [0.1, 0.15) is 49.1 Å². The van der Waals surface area contributed by atoms with Crippen molar-refractivity contribution in [2.24, 2.45) is 0 Å². The van der Waals surface area contributed by atoms with E-state index in [-0.39, 0.29) is 23.6 Å². The average Bonchev–Trinajstić information content (AvgIpc) is 3.36. The number of ketones is 1. The molecule has 3 N–H and O–H groups in total. The zero-order valence-electron chi connectivity index (χ0n) is 20.0. The summed E-state index contributed by atoms with van der Waals surface area (Å²) < 4.78 is 11.4. The van der Waals surface area contributed by atoms with Crippen LogP contribution in [0.4, 0.5) is 0 Å². The number of dihydropyridines is 1.